The molecule has 2 rings (SSSR count). The van der Waals surface area contributed by atoms with Gasteiger partial charge in [-0.1, -0.05) is 24.3 Å². The van der Waals surface area contributed by atoms with E-state index in [1.807, 2.05) is 43.3 Å². The highest BCUT2D eigenvalue weighted by atomic mass is 16.5. The molecule has 0 bridgehead atoms. The van der Waals surface area contributed by atoms with Gasteiger partial charge in [-0.05, 0) is 36.8 Å². The number of amides is 1. The summed E-state index contributed by atoms with van der Waals surface area (Å²) in [5.74, 6) is 1.14. The van der Waals surface area contributed by atoms with Gasteiger partial charge in [-0.3, -0.25) is 4.79 Å². The van der Waals surface area contributed by atoms with Gasteiger partial charge in [0.05, 0.1) is 25.4 Å². The molecule has 128 valence electrons. The summed E-state index contributed by atoms with van der Waals surface area (Å²) in [5, 5.41) is 2.90. The maximum absolute atomic E-state index is 12.4. The summed E-state index contributed by atoms with van der Waals surface area (Å²) in [6.45, 7) is 2.75. The van der Waals surface area contributed by atoms with Gasteiger partial charge in [-0.25, -0.2) is 0 Å². The first kappa shape index (κ1) is 17.8. The second-order valence-corrected chi connectivity index (χ2v) is 5.14. The largest absolute Gasteiger partial charge is 0.497 e. The molecule has 0 radical (unpaired) electrons. The van der Waals surface area contributed by atoms with Crippen molar-refractivity contribution < 1.29 is 19.0 Å². The fourth-order valence-electron chi connectivity index (χ4n) is 2.40. The van der Waals surface area contributed by atoms with Crippen molar-refractivity contribution in [1.82, 2.24) is 5.32 Å². The first-order valence-electron chi connectivity index (χ1n) is 7.86. The number of benzene rings is 2. The first-order chi connectivity index (χ1) is 11.7. The van der Waals surface area contributed by atoms with Crippen LogP contribution in [-0.2, 0) is 4.74 Å². The zero-order valence-electron chi connectivity index (χ0n) is 14.2. The lowest BCUT2D eigenvalue weighted by Gasteiger charge is -2.18. The van der Waals surface area contributed by atoms with Crippen LogP contribution in [0.5, 0.6) is 11.5 Å². The third kappa shape index (κ3) is 4.49. The number of carbonyl (C=O) groups is 1. The molecule has 24 heavy (non-hydrogen) atoms. The van der Waals surface area contributed by atoms with E-state index >= 15 is 0 Å². The van der Waals surface area contributed by atoms with E-state index in [1.165, 1.54) is 0 Å². The van der Waals surface area contributed by atoms with Crippen LogP contribution >= 0.6 is 0 Å². The van der Waals surface area contributed by atoms with Crippen molar-refractivity contribution in [2.45, 2.75) is 13.0 Å². The highest BCUT2D eigenvalue weighted by Gasteiger charge is 2.16. The number of hydrogen-bond acceptors (Lipinski definition) is 4. The smallest absolute Gasteiger partial charge is 0.255 e. The van der Waals surface area contributed by atoms with Crippen LogP contribution in [0.15, 0.2) is 48.5 Å². The monoisotopic (exact) mass is 329 g/mol. The Morgan fingerprint density at radius 1 is 1.12 bits per heavy atom. The van der Waals surface area contributed by atoms with Crippen LogP contribution in [0.2, 0.25) is 0 Å². The van der Waals surface area contributed by atoms with Gasteiger partial charge in [0.25, 0.3) is 5.91 Å². The van der Waals surface area contributed by atoms with Gasteiger partial charge >= 0.3 is 0 Å². The molecule has 1 amide bonds. The summed E-state index contributed by atoms with van der Waals surface area (Å²) in [5.41, 5.74) is 1.45. The van der Waals surface area contributed by atoms with Crippen LogP contribution < -0.4 is 14.8 Å². The average Bonchev–Trinajstić information content (AvgIpc) is 2.63. The Morgan fingerprint density at radius 2 is 1.92 bits per heavy atom. The standard InChI is InChI=1S/C19H23NO4/c1-4-24-17-11-6-5-10-16(17)19(21)20-13-18(23-3)14-8-7-9-15(12-14)22-2/h5-12,18H,4,13H2,1-3H3,(H,20,21). The molecule has 2 aromatic carbocycles. The predicted octanol–water partition coefficient (Wildman–Crippen LogP) is 3.21. The predicted molar refractivity (Wildman–Crippen MR) is 92.7 cm³/mol. The molecule has 5 heteroatoms. The van der Waals surface area contributed by atoms with Gasteiger partial charge in [-0.15, -0.1) is 0 Å². The lowest BCUT2D eigenvalue weighted by atomic mass is 10.1. The topological polar surface area (TPSA) is 56.8 Å². The van der Waals surface area contributed by atoms with Crippen molar-refractivity contribution >= 4 is 5.91 Å². The zero-order chi connectivity index (χ0) is 17.4. The van der Waals surface area contributed by atoms with Gasteiger partial charge in [-0.2, -0.15) is 0 Å². The molecule has 1 N–H and O–H groups in total. The van der Waals surface area contributed by atoms with Gasteiger partial charge in [0.1, 0.15) is 11.5 Å². The van der Waals surface area contributed by atoms with Crippen LogP contribution in [0.4, 0.5) is 0 Å². The van der Waals surface area contributed by atoms with E-state index in [1.54, 1.807) is 26.4 Å². The Balaban J connectivity index is 2.06. The molecule has 2 aromatic rings. The quantitative estimate of drug-likeness (QED) is 0.808. The van der Waals surface area contributed by atoms with Crippen LogP contribution in [0.1, 0.15) is 28.9 Å². The Morgan fingerprint density at radius 3 is 2.62 bits per heavy atom. The number of para-hydroxylation sites is 1. The van der Waals surface area contributed by atoms with Gasteiger partial charge < -0.3 is 19.5 Å². The van der Waals surface area contributed by atoms with E-state index in [4.69, 9.17) is 14.2 Å². The summed E-state index contributed by atoms with van der Waals surface area (Å²) in [4.78, 5) is 12.4. The molecule has 0 aliphatic carbocycles. The molecule has 0 aromatic heterocycles. The van der Waals surface area contributed by atoms with E-state index in [0.717, 1.165) is 11.3 Å². The van der Waals surface area contributed by atoms with E-state index in [9.17, 15) is 4.79 Å². The summed E-state index contributed by atoms with van der Waals surface area (Å²) >= 11 is 0. The van der Waals surface area contributed by atoms with Crippen molar-refractivity contribution in [2.24, 2.45) is 0 Å². The van der Waals surface area contributed by atoms with E-state index in [2.05, 4.69) is 5.32 Å². The third-order valence-corrected chi connectivity index (χ3v) is 3.63. The highest BCUT2D eigenvalue weighted by molar-refractivity contribution is 5.96. The van der Waals surface area contributed by atoms with E-state index in [-0.39, 0.29) is 12.0 Å². The van der Waals surface area contributed by atoms with Gasteiger partial charge in [0, 0.05) is 13.7 Å². The Hall–Kier alpha value is -2.53. The second kappa shape index (κ2) is 8.93. The summed E-state index contributed by atoms with van der Waals surface area (Å²) < 4.78 is 16.2. The molecule has 5 nitrogen and oxygen atoms in total. The van der Waals surface area contributed by atoms with Crippen molar-refractivity contribution in [2.75, 3.05) is 27.4 Å². The Kier molecular flexibility index (Phi) is 6.63. The molecule has 0 fully saturated rings. The minimum absolute atomic E-state index is 0.191. The summed E-state index contributed by atoms with van der Waals surface area (Å²) in [7, 11) is 3.23. The van der Waals surface area contributed by atoms with Crippen molar-refractivity contribution in [1.29, 1.82) is 0 Å². The molecule has 0 aliphatic rings. The zero-order valence-corrected chi connectivity index (χ0v) is 14.2. The number of nitrogens with one attached hydrogen (secondary N) is 1. The Labute approximate surface area is 142 Å². The molecule has 0 heterocycles. The maximum atomic E-state index is 12.4. The van der Waals surface area contributed by atoms with Crippen LogP contribution in [0, 0.1) is 0 Å². The number of hydrogen-bond donors (Lipinski definition) is 1. The maximum Gasteiger partial charge on any atom is 0.255 e. The molecule has 0 aliphatic heterocycles. The fourth-order valence-corrected chi connectivity index (χ4v) is 2.40. The van der Waals surface area contributed by atoms with Crippen molar-refractivity contribution in [3.05, 3.63) is 59.7 Å². The Bertz CT molecular complexity index is 672. The second-order valence-electron chi connectivity index (χ2n) is 5.14. The number of ether oxygens (including phenoxy) is 3. The number of rotatable bonds is 8. The fraction of sp³-hybridized carbons (Fsp3) is 0.316. The number of methoxy groups -OCH3 is 2. The lowest BCUT2D eigenvalue weighted by molar-refractivity contribution is 0.0824. The lowest BCUT2D eigenvalue weighted by Crippen LogP contribution is -2.29. The number of carbonyl (C=O) groups excluding carboxylic acids is 1. The first-order valence-corrected chi connectivity index (χ1v) is 7.86. The minimum atomic E-state index is -0.261. The van der Waals surface area contributed by atoms with E-state index in [0.29, 0.717) is 24.5 Å². The molecular formula is C19H23NO4. The van der Waals surface area contributed by atoms with Crippen LogP contribution in [0.25, 0.3) is 0 Å². The molecule has 1 atom stereocenters. The SMILES string of the molecule is CCOc1ccccc1C(=O)NCC(OC)c1cccc(OC)c1. The van der Waals surface area contributed by atoms with E-state index < -0.39 is 0 Å². The van der Waals surface area contributed by atoms with Crippen LogP contribution in [-0.4, -0.2) is 33.3 Å². The summed E-state index contributed by atoms with van der Waals surface area (Å²) in [6.07, 6.45) is -0.261. The van der Waals surface area contributed by atoms with Gasteiger partial charge in [0.15, 0.2) is 0 Å². The van der Waals surface area contributed by atoms with Gasteiger partial charge in [0.2, 0.25) is 0 Å². The molecular weight excluding hydrogens is 306 g/mol. The third-order valence-electron chi connectivity index (χ3n) is 3.63. The van der Waals surface area contributed by atoms with Crippen LogP contribution in [0.3, 0.4) is 0 Å². The summed E-state index contributed by atoms with van der Waals surface area (Å²) in [6, 6.07) is 14.8. The normalized spacial score (nSPS) is 11.6. The average molecular weight is 329 g/mol. The minimum Gasteiger partial charge on any atom is -0.497 e. The molecule has 0 saturated heterocycles. The molecule has 1 unspecified atom stereocenters. The highest BCUT2D eigenvalue weighted by Crippen LogP contribution is 2.22. The van der Waals surface area contributed by atoms with Crippen molar-refractivity contribution in [3.8, 4) is 11.5 Å². The molecule has 0 spiro atoms. The van der Waals surface area contributed by atoms with Crippen molar-refractivity contribution in [3.63, 3.8) is 0 Å². The molecule has 0 saturated carbocycles.